The minimum absolute atomic E-state index is 0.384. The van der Waals surface area contributed by atoms with Gasteiger partial charge in [-0.05, 0) is 43.8 Å². The summed E-state index contributed by atoms with van der Waals surface area (Å²) in [7, 11) is 0. The molecule has 2 heteroatoms. The Bertz CT molecular complexity index is 223. The van der Waals surface area contributed by atoms with Gasteiger partial charge in [0.25, 0.3) is 0 Å². The first-order chi connectivity index (χ1) is 7.67. The SMILES string of the molecule is CCC1CCCCC1C(N)C1(C)CCCS1. The quantitative estimate of drug-likeness (QED) is 0.813. The van der Waals surface area contributed by atoms with Gasteiger partial charge in [-0.1, -0.05) is 32.6 Å². The maximum atomic E-state index is 6.63. The zero-order valence-corrected chi connectivity index (χ0v) is 11.7. The Morgan fingerprint density at radius 1 is 1.31 bits per heavy atom. The molecule has 0 bridgehead atoms. The van der Waals surface area contributed by atoms with Gasteiger partial charge in [-0.2, -0.15) is 11.8 Å². The van der Waals surface area contributed by atoms with Crippen molar-refractivity contribution in [2.24, 2.45) is 17.6 Å². The molecule has 1 saturated heterocycles. The lowest BCUT2D eigenvalue weighted by Crippen LogP contribution is -2.49. The second-order valence-corrected chi connectivity index (χ2v) is 7.54. The summed E-state index contributed by atoms with van der Waals surface area (Å²) < 4.78 is 0.384. The standard InChI is InChI=1S/C14H27NS/c1-3-11-7-4-5-8-12(11)13(15)14(2)9-6-10-16-14/h11-13H,3-10,15H2,1-2H3. The molecule has 1 heterocycles. The first-order valence-electron chi connectivity index (χ1n) is 7.07. The molecule has 2 aliphatic rings. The molecule has 2 rings (SSSR count). The molecule has 0 aromatic rings. The van der Waals surface area contributed by atoms with Crippen molar-refractivity contribution >= 4 is 11.8 Å². The lowest BCUT2D eigenvalue weighted by Gasteiger charge is -2.42. The monoisotopic (exact) mass is 241 g/mol. The van der Waals surface area contributed by atoms with Crippen molar-refractivity contribution in [2.45, 2.75) is 69.6 Å². The van der Waals surface area contributed by atoms with E-state index in [-0.39, 0.29) is 0 Å². The minimum Gasteiger partial charge on any atom is -0.326 e. The average molecular weight is 241 g/mol. The zero-order chi connectivity index (χ0) is 11.6. The molecule has 2 fully saturated rings. The van der Waals surface area contributed by atoms with E-state index >= 15 is 0 Å². The van der Waals surface area contributed by atoms with E-state index in [1.165, 1.54) is 50.7 Å². The van der Waals surface area contributed by atoms with Crippen LogP contribution in [0.3, 0.4) is 0 Å². The van der Waals surface area contributed by atoms with Crippen molar-refractivity contribution in [3.8, 4) is 0 Å². The molecule has 0 aromatic heterocycles. The van der Waals surface area contributed by atoms with Crippen LogP contribution in [0.15, 0.2) is 0 Å². The Morgan fingerprint density at radius 3 is 2.69 bits per heavy atom. The van der Waals surface area contributed by atoms with Crippen LogP contribution in [0.25, 0.3) is 0 Å². The molecular formula is C14H27NS. The van der Waals surface area contributed by atoms with Crippen LogP contribution in [0.1, 0.15) is 58.8 Å². The number of rotatable bonds is 3. The second-order valence-electron chi connectivity index (χ2n) is 5.91. The summed E-state index contributed by atoms with van der Waals surface area (Å²) >= 11 is 2.13. The lowest BCUT2D eigenvalue weighted by atomic mass is 9.70. The van der Waals surface area contributed by atoms with Crippen LogP contribution < -0.4 is 5.73 Å². The predicted octanol–water partition coefficient (Wildman–Crippen LogP) is 3.82. The largest absolute Gasteiger partial charge is 0.326 e. The first kappa shape index (κ1) is 12.8. The highest BCUT2D eigenvalue weighted by atomic mass is 32.2. The van der Waals surface area contributed by atoms with Gasteiger partial charge in [0, 0.05) is 10.8 Å². The summed E-state index contributed by atoms with van der Waals surface area (Å²) in [6.45, 7) is 4.76. The van der Waals surface area contributed by atoms with Crippen LogP contribution in [0.2, 0.25) is 0 Å². The van der Waals surface area contributed by atoms with Gasteiger partial charge in [0.1, 0.15) is 0 Å². The molecular weight excluding hydrogens is 214 g/mol. The fraction of sp³-hybridized carbons (Fsp3) is 1.00. The van der Waals surface area contributed by atoms with E-state index in [9.17, 15) is 0 Å². The van der Waals surface area contributed by atoms with E-state index in [4.69, 9.17) is 5.73 Å². The topological polar surface area (TPSA) is 26.0 Å². The van der Waals surface area contributed by atoms with Crippen molar-refractivity contribution < 1.29 is 0 Å². The summed E-state index contributed by atoms with van der Waals surface area (Å²) in [5.74, 6) is 3.03. The van der Waals surface area contributed by atoms with Gasteiger partial charge < -0.3 is 5.73 Å². The summed E-state index contributed by atoms with van der Waals surface area (Å²) in [6, 6.07) is 0.435. The average Bonchev–Trinajstić information content (AvgIpc) is 2.76. The Balaban J connectivity index is 2.03. The second kappa shape index (κ2) is 5.30. The molecule has 4 atom stereocenters. The van der Waals surface area contributed by atoms with Gasteiger partial charge in [-0.3, -0.25) is 0 Å². The molecule has 1 nitrogen and oxygen atoms in total. The summed E-state index contributed by atoms with van der Waals surface area (Å²) in [5, 5.41) is 0. The first-order valence-corrected chi connectivity index (χ1v) is 8.05. The summed E-state index contributed by atoms with van der Waals surface area (Å²) in [4.78, 5) is 0. The van der Waals surface area contributed by atoms with E-state index in [0.717, 1.165) is 11.8 Å². The third-order valence-electron chi connectivity index (χ3n) is 4.91. The third kappa shape index (κ3) is 2.43. The molecule has 94 valence electrons. The van der Waals surface area contributed by atoms with Crippen LogP contribution in [0.4, 0.5) is 0 Å². The number of nitrogens with two attached hydrogens (primary N) is 1. The van der Waals surface area contributed by atoms with Crippen LogP contribution in [-0.4, -0.2) is 16.5 Å². The van der Waals surface area contributed by atoms with Crippen LogP contribution in [0.5, 0.6) is 0 Å². The normalized spacial score (nSPS) is 42.2. The molecule has 0 radical (unpaired) electrons. The summed E-state index contributed by atoms with van der Waals surface area (Å²) in [5.41, 5.74) is 6.63. The van der Waals surface area contributed by atoms with Gasteiger partial charge in [-0.25, -0.2) is 0 Å². The van der Waals surface area contributed by atoms with Crippen molar-refractivity contribution in [3.63, 3.8) is 0 Å². The highest BCUT2D eigenvalue weighted by Gasteiger charge is 2.42. The van der Waals surface area contributed by atoms with Crippen molar-refractivity contribution in [2.75, 3.05) is 5.75 Å². The van der Waals surface area contributed by atoms with Crippen molar-refractivity contribution in [1.29, 1.82) is 0 Å². The molecule has 0 spiro atoms. The number of thioether (sulfide) groups is 1. The minimum atomic E-state index is 0.384. The number of hydrogen-bond donors (Lipinski definition) is 1. The molecule has 1 aliphatic heterocycles. The Kier molecular flexibility index (Phi) is 4.23. The fourth-order valence-corrected chi connectivity index (χ4v) is 5.14. The van der Waals surface area contributed by atoms with E-state index in [1.54, 1.807) is 0 Å². The van der Waals surface area contributed by atoms with Crippen LogP contribution in [-0.2, 0) is 0 Å². The van der Waals surface area contributed by atoms with Gasteiger partial charge in [0.15, 0.2) is 0 Å². The predicted molar refractivity (Wildman–Crippen MR) is 73.8 cm³/mol. The van der Waals surface area contributed by atoms with E-state index < -0.39 is 0 Å². The highest BCUT2D eigenvalue weighted by molar-refractivity contribution is 8.00. The van der Waals surface area contributed by atoms with Crippen LogP contribution >= 0.6 is 11.8 Å². The number of hydrogen-bond acceptors (Lipinski definition) is 2. The Morgan fingerprint density at radius 2 is 2.06 bits per heavy atom. The van der Waals surface area contributed by atoms with E-state index in [0.29, 0.717) is 10.8 Å². The highest BCUT2D eigenvalue weighted by Crippen LogP contribution is 2.46. The Labute approximate surface area is 105 Å². The van der Waals surface area contributed by atoms with E-state index in [2.05, 4.69) is 25.6 Å². The molecule has 2 N–H and O–H groups in total. The smallest absolute Gasteiger partial charge is 0.0285 e. The molecule has 1 saturated carbocycles. The molecule has 4 unspecified atom stereocenters. The molecule has 16 heavy (non-hydrogen) atoms. The fourth-order valence-electron chi connectivity index (χ4n) is 3.73. The molecule has 1 aliphatic carbocycles. The maximum Gasteiger partial charge on any atom is 0.0285 e. The van der Waals surface area contributed by atoms with Crippen LogP contribution in [0, 0.1) is 11.8 Å². The van der Waals surface area contributed by atoms with E-state index in [1.807, 2.05) is 0 Å². The maximum absolute atomic E-state index is 6.63. The van der Waals surface area contributed by atoms with Gasteiger partial charge in [0.2, 0.25) is 0 Å². The molecule has 0 amide bonds. The molecule has 0 aromatic carbocycles. The van der Waals surface area contributed by atoms with Gasteiger partial charge >= 0.3 is 0 Å². The van der Waals surface area contributed by atoms with Gasteiger partial charge in [-0.15, -0.1) is 0 Å². The zero-order valence-electron chi connectivity index (χ0n) is 10.9. The van der Waals surface area contributed by atoms with Gasteiger partial charge in [0.05, 0.1) is 0 Å². The third-order valence-corrected chi connectivity index (χ3v) is 6.54. The van der Waals surface area contributed by atoms with Crippen molar-refractivity contribution in [3.05, 3.63) is 0 Å². The Hall–Kier alpha value is 0.310. The summed E-state index contributed by atoms with van der Waals surface area (Å²) in [6.07, 6.45) is 9.70. The lowest BCUT2D eigenvalue weighted by molar-refractivity contribution is 0.175. The van der Waals surface area contributed by atoms with Crippen molar-refractivity contribution in [1.82, 2.24) is 0 Å².